The molecule has 8 heteroatoms. The summed E-state index contributed by atoms with van der Waals surface area (Å²) in [7, 11) is 0. The number of ether oxygens (including phenoxy) is 1. The van der Waals surface area contributed by atoms with Gasteiger partial charge in [0.1, 0.15) is 5.82 Å². The number of likely N-dealkylation sites (tertiary alicyclic amines) is 1. The Hall–Kier alpha value is -3.75. The van der Waals surface area contributed by atoms with Gasteiger partial charge in [-0.1, -0.05) is 54.6 Å². The zero-order chi connectivity index (χ0) is 31.2. The van der Waals surface area contributed by atoms with Crippen LogP contribution in [0.1, 0.15) is 50.3 Å². The minimum atomic E-state index is -0.500. The third-order valence-electron chi connectivity index (χ3n) is 9.83. The fourth-order valence-electron chi connectivity index (χ4n) is 7.20. The highest BCUT2D eigenvalue weighted by Crippen LogP contribution is 2.42. The van der Waals surface area contributed by atoms with Gasteiger partial charge in [0.25, 0.3) is 0 Å². The van der Waals surface area contributed by atoms with Crippen LogP contribution in [0.5, 0.6) is 0 Å². The van der Waals surface area contributed by atoms with Crippen LogP contribution in [0.15, 0.2) is 78.9 Å². The van der Waals surface area contributed by atoms with Crippen molar-refractivity contribution in [1.82, 2.24) is 19.4 Å². The van der Waals surface area contributed by atoms with Crippen molar-refractivity contribution in [3.8, 4) is 0 Å². The van der Waals surface area contributed by atoms with Crippen molar-refractivity contribution in [1.29, 1.82) is 0 Å². The van der Waals surface area contributed by atoms with Crippen molar-refractivity contribution >= 4 is 22.9 Å². The molecule has 6 rings (SSSR count). The summed E-state index contributed by atoms with van der Waals surface area (Å²) >= 11 is 0. The van der Waals surface area contributed by atoms with E-state index >= 15 is 0 Å². The van der Waals surface area contributed by atoms with Crippen LogP contribution in [-0.2, 0) is 22.5 Å². The highest BCUT2D eigenvalue weighted by Gasteiger charge is 2.47. The van der Waals surface area contributed by atoms with Crippen LogP contribution < -0.4 is 4.90 Å². The quantitative estimate of drug-likeness (QED) is 0.175. The topological polar surface area (TPSA) is 53.8 Å². The zero-order valence-electron chi connectivity index (χ0n) is 26.7. The summed E-state index contributed by atoms with van der Waals surface area (Å²) < 4.78 is 21.8. The molecule has 1 amide bonds. The van der Waals surface area contributed by atoms with Gasteiger partial charge in [0.05, 0.1) is 29.1 Å². The highest BCUT2D eigenvalue weighted by atomic mass is 19.1. The number of halogens is 1. The molecule has 3 heterocycles. The lowest BCUT2D eigenvalue weighted by Crippen LogP contribution is -2.41. The Morgan fingerprint density at radius 1 is 0.911 bits per heavy atom. The van der Waals surface area contributed by atoms with E-state index in [0.717, 1.165) is 93.2 Å². The molecule has 2 aliphatic rings. The number of para-hydroxylation sites is 2. The average molecular weight is 612 g/mol. The Bertz CT molecular complexity index is 1560. The maximum Gasteiger partial charge on any atom is 0.229 e. The Labute approximate surface area is 266 Å². The maximum absolute atomic E-state index is 14.3. The van der Waals surface area contributed by atoms with E-state index in [2.05, 4.69) is 56.5 Å². The van der Waals surface area contributed by atoms with Gasteiger partial charge >= 0.3 is 0 Å². The number of rotatable bonds is 12. The number of carbonyl (C=O) groups is 1. The molecule has 0 saturated carbocycles. The predicted molar refractivity (Wildman–Crippen MR) is 178 cm³/mol. The molecule has 2 atom stereocenters. The van der Waals surface area contributed by atoms with Crippen LogP contribution >= 0.6 is 0 Å². The Kier molecular flexibility index (Phi) is 9.81. The summed E-state index contributed by atoms with van der Waals surface area (Å²) in [5.41, 5.74) is 3.84. The van der Waals surface area contributed by atoms with E-state index in [1.807, 2.05) is 43.3 Å². The lowest BCUT2D eigenvalue weighted by Gasteiger charge is -2.33. The monoisotopic (exact) mass is 611 g/mol. The van der Waals surface area contributed by atoms with Gasteiger partial charge in [-0.25, -0.2) is 9.37 Å². The zero-order valence-corrected chi connectivity index (χ0v) is 26.7. The van der Waals surface area contributed by atoms with Crippen molar-refractivity contribution in [2.75, 3.05) is 57.4 Å². The number of anilines is 1. The van der Waals surface area contributed by atoms with E-state index in [9.17, 15) is 9.18 Å². The fraction of sp³-hybridized carbons (Fsp3) is 0.459. The highest BCUT2D eigenvalue weighted by molar-refractivity contribution is 5.85. The second-order valence-electron chi connectivity index (χ2n) is 12.6. The molecule has 3 aromatic carbocycles. The SMILES string of the molecule is CCOCCn1c(N2CCCN(CCC3(Cc4ccc(F)cc4)CCN(C(C)c4ccccc4)C3=O)CC2)nc2ccccc21. The van der Waals surface area contributed by atoms with Gasteiger partial charge in [0.15, 0.2) is 0 Å². The lowest BCUT2D eigenvalue weighted by molar-refractivity contribution is -0.138. The first-order valence-electron chi connectivity index (χ1n) is 16.6. The van der Waals surface area contributed by atoms with Crippen LogP contribution in [0.25, 0.3) is 11.0 Å². The van der Waals surface area contributed by atoms with E-state index < -0.39 is 5.41 Å². The molecule has 2 aliphatic heterocycles. The molecule has 0 N–H and O–H groups in total. The van der Waals surface area contributed by atoms with Crippen molar-refractivity contribution in [2.24, 2.45) is 5.41 Å². The average Bonchev–Trinajstić information content (AvgIpc) is 3.48. The van der Waals surface area contributed by atoms with E-state index in [4.69, 9.17) is 9.72 Å². The van der Waals surface area contributed by atoms with Crippen molar-refractivity contribution in [3.05, 3.63) is 95.8 Å². The number of hydrogen-bond acceptors (Lipinski definition) is 5. The van der Waals surface area contributed by atoms with Crippen LogP contribution in [0, 0.1) is 11.2 Å². The second-order valence-corrected chi connectivity index (χ2v) is 12.6. The summed E-state index contributed by atoms with van der Waals surface area (Å²) in [6.45, 7) is 11.6. The predicted octanol–water partition coefficient (Wildman–Crippen LogP) is 6.34. The van der Waals surface area contributed by atoms with Crippen LogP contribution in [0.3, 0.4) is 0 Å². The smallest absolute Gasteiger partial charge is 0.229 e. The number of hydrogen-bond donors (Lipinski definition) is 0. The van der Waals surface area contributed by atoms with Gasteiger partial charge in [-0.3, -0.25) is 4.79 Å². The lowest BCUT2D eigenvalue weighted by atomic mass is 9.77. The van der Waals surface area contributed by atoms with Gasteiger partial charge in [0, 0.05) is 39.3 Å². The van der Waals surface area contributed by atoms with E-state index in [1.165, 1.54) is 12.1 Å². The minimum absolute atomic E-state index is 0.0162. The van der Waals surface area contributed by atoms with Crippen LogP contribution in [-0.4, -0.2) is 77.7 Å². The molecular weight excluding hydrogens is 565 g/mol. The van der Waals surface area contributed by atoms with Crippen LogP contribution in [0.4, 0.5) is 10.3 Å². The number of fused-ring (bicyclic) bond motifs is 1. The number of carbonyl (C=O) groups excluding carboxylic acids is 1. The summed E-state index contributed by atoms with van der Waals surface area (Å²) in [5.74, 6) is 0.995. The molecule has 238 valence electrons. The Morgan fingerprint density at radius 2 is 1.69 bits per heavy atom. The minimum Gasteiger partial charge on any atom is -0.380 e. The molecule has 45 heavy (non-hydrogen) atoms. The van der Waals surface area contributed by atoms with Gasteiger partial charge in [-0.15, -0.1) is 0 Å². The summed E-state index contributed by atoms with van der Waals surface area (Å²) in [6.07, 6.45) is 3.26. The standard InChI is InChI=1S/C37H46FN5O2/c1-3-45-27-26-43-34-13-8-7-12-33(34)39-36(43)41-21-9-20-40(24-25-41)22-18-37(28-30-14-16-32(38)17-15-30)19-23-42(35(37)44)29(2)31-10-5-4-6-11-31/h4-8,10-17,29H,3,9,18-28H2,1-2H3. The first-order valence-corrected chi connectivity index (χ1v) is 16.6. The van der Waals surface area contributed by atoms with E-state index in [-0.39, 0.29) is 17.8 Å². The molecule has 2 unspecified atom stereocenters. The third kappa shape index (κ3) is 6.92. The van der Waals surface area contributed by atoms with Crippen LogP contribution in [0.2, 0.25) is 0 Å². The molecule has 2 fully saturated rings. The van der Waals surface area contributed by atoms with Gasteiger partial charge in [-0.05, 0) is 88.0 Å². The van der Waals surface area contributed by atoms with E-state index in [0.29, 0.717) is 19.6 Å². The Morgan fingerprint density at radius 3 is 2.49 bits per heavy atom. The fourth-order valence-corrected chi connectivity index (χ4v) is 7.20. The molecule has 0 bridgehead atoms. The van der Waals surface area contributed by atoms with Crippen molar-refractivity contribution in [2.45, 2.75) is 52.1 Å². The summed E-state index contributed by atoms with van der Waals surface area (Å²) in [4.78, 5) is 26.4. The number of benzene rings is 3. The molecule has 0 spiro atoms. The van der Waals surface area contributed by atoms with Gasteiger partial charge in [-0.2, -0.15) is 0 Å². The van der Waals surface area contributed by atoms with Gasteiger partial charge < -0.3 is 24.0 Å². The van der Waals surface area contributed by atoms with Gasteiger partial charge in [0.2, 0.25) is 11.9 Å². The number of nitrogens with zero attached hydrogens (tertiary/aromatic N) is 5. The molecule has 0 aliphatic carbocycles. The van der Waals surface area contributed by atoms with Crippen molar-refractivity contribution in [3.63, 3.8) is 0 Å². The van der Waals surface area contributed by atoms with E-state index in [1.54, 1.807) is 0 Å². The molecule has 7 nitrogen and oxygen atoms in total. The molecule has 2 saturated heterocycles. The molecular formula is C37H46FN5O2. The van der Waals surface area contributed by atoms with Crippen molar-refractivity contribution < 1.29 is 13.9 Å². The maximum atomic E-state index is 14.3. The largest absolute Gasteiger partial charge is 0.380 e. The normalized spacial score (nSPS) is 20.2. The number of imidazole rings is 1. The number of amides is 1. The Balaban J connectivity index is 1.17. The second kappa shape index (κ2) is 14.1. The first kappa shape index (κ1) is 31.2. The summed E-state index contributed by atoms with van der Waals surface area (Å²) in [6, 6.07) is 25.4. The molecule has 4 aromatic rings. The third-order valence-corrected chi connectivity index (χ3v) is 9.83. The molecule has 1 aromatic heterocycles. The summed E-state index contributed by atoms with van der Waals surface area (Å²) in [5, 5.41) is 0. The first-order chi connectivity index (χ1) is 22.0. The number of aromatic nitrogens is 2. The molecule has 0 radical (unpaired) electrons.